The number of hydrogen-bond acceptors (Lipinski definition) is 5. The Morgan fingerprint density at radius 1 is 0.833 bits per heavy atom. The van der Waals surface area contributed by atoms with Crippen molar-refractivity contribution in [3.8, 4) is 0 Å². The lowest BCUT2D eigenvalue weighted by Crippen LogP contribution is -2.43. The first-order valence-electron chi connectivity index (χ1n) is 6.72. The van der Waals surface area contributed by atoms with Crippen molar-refractivity contribution in [2.45, 2.75) is 64.5 Å². The standard InChI is InChI=1S/C12H29N2O3P/c1-5-11(13,6-2)9-16-18(15)17-10-12(14,7-3)8-4/h18H,5-10,13-14H2,1-4H3. The molecule has 0 unspecified atom stereocenters. The summed E-state index contributed by atoms with van der Waals surface area (Å²) in [7, 11) is -2.50. The third-order valence-electron chi connectivity index (χ3n) is 3.77. The Bertz CT molecular complexity index is 230. The molecule has 0 aliphatic heterocycles. The van der Waals surface area contributed by atoms with Gasteiger partial charge in [0.15, 0.2) is 0 Å². The first kappa shape index (κ1) is 18.1. The molecule has 0 aliphatic rings. The Labute approximate surface area is 112 Å². The van der Waals surface area contributed by atoms with Gasteiger partial charge in [0.1, 0.15) is 0 Å². The normalized spacial score (nSPS) is 13.3. The van der Waals surface area contributed by atoms with Gasteiger partial charge in [-0.15, -0.1) is 0 Å². The molecule has 0 fully saturated rings. The lowest BCUT2D eigenvalue weighted by atomic mass is 9.96. The molecule has 0 amide bonds. The van der Waals surface area contributed by atoms with Crippen LogP contribution in [-0.4, -0.2) is 24.3 Å². The molecule has 0 aliphatic carbocycles. The maximum Gasteiger partial charge on any atom is 0.319 e. The SMILES string of the molecule is CCC(N)(CC)CO[PH](=O)OCC(N)(CC)CC. The van der Waals surface area contributed by atoms with Crippen molar-refractivity contribution in [3.05, 3.63) is 0 Å². The number of nitrogens with two attached hydrogens (primary N) is 2. The summed E-state index contributed by atoms with van der Waals surface area (Å²) in [6, 6.07) is 0. The van der Waals surface area contributed by atoms with Gasteiger partial charge in [0.2, 0.25) is 0 Å². The lowest BCUT2D eigenvalue weighted by Gasteiger charge is -2.28. The van der Waals surface area contributed by atoms with Gasteiger partial charge in [-0.2, -0.15) is 0 Å². The average molecular weight is 280 g/mol. The summed E-state index contributed by atoms with van der Waals surface area (Å²) in [5.41, 5.74) is 11.3. The van der Waals surface area contributed by atoms with Crippen LogP contribution in [0.25, 0.3) is 0 Å². The molecule has 0 bridgehead atoms. The third kappa shape index (κ3) is 6.30. The summed E-state index contributed by atoms with van der Waals surface area (Å²) in [6.45, 7) is 8.48. The van der Waals surface area contributed by atoms with Gasteiger partial charge in [-0.25, -0.2) is 0 Å². The molecule has 0 rings (SSSR count). The molecule has 18 heavy (non-hydrogen) atoms. The van der Waals surface area contributed by atoms with Crippen LogP contribution in [-0.2, 0) is 13.6 Å². The lowest BCUT2D eigenvalue weighted by molar-refractivity contribution is 0.148. The fraction of sp³-hybridized carbons (Fsp3) is 1.00. The number of rotatable bonds is 10. The Balaban J connectivity index is 4.06. The second-order valence-electron chi connectivity index (χ2n) is 4.97. The molecule has 0 saturated carbocycles. The van der Waals surface area contributed by atoms with Crippen molar-refractivity contribution in [3.63, 3.8) is 0 Å². The third-order valence-corrected chi connectivity index (χ3v) is 4.53. The summed E-state index contributed by atoms with van der Waals surface area (Å²) in [5, 5.41) is 0. The van der Waals surface area contributed by atoms with Gasteiger partial charge in [-0.05, 0) is 25.7 Å². The molecule has 0 aromatic heterocycles. The summed E-state index contributed by atoms with van der Waals surface area (Å²) in [4.78, 5) is 0. The maximum atomic E-state index is 11.6. The summed E-state index contributed by atoms with van der Waals surface area (Å²) < 4.78 is 22.1. The van der Waals surface area contributed by atoms with Crippen molar-refractivity contribution in [1.29, 1.82) is 0 Å². The number of hydrogen-bond donors (Lipinski definition) is 2. The average Bonchev–Trinajstić information content (AvgIpc) is 2.42. The Morgan fingerprint density at radius 2 is 1.11 bits per heavy atom. The van der Waals surface area contributed by atoms with Crippen LogP contribution < -0.4 is 11.5 Å². The van der Waals surface area contributed by atoms with Gasteiger partial charge in [-0.1, -0.05) is 27.7 Å². The van der Waals surface area contributed by atoms with Crippen LogP contribution in [0.3, 0.4) is 0 Å². The quantitative estimate of drug-likeness (QED) is 0.600. The van der Waals surface area contributed by atoms with Gasteiger partial charge in [0.05, 0.1) is 13.2 Å². The molecular weight excluding hydrogens is 251 g/mol. The molecule has 6 heteroatoms. The van der Waals surface area contributed by atoms with E-state index in [1.165, 1.54) is 0 Å². The zero-order chi connectivity index (χ0) is 14.2. The second-order valence-corrected chi connectivity index (χ2v) is 6.04. The van der Waals surface area contributed by atoms with E-state index in [0.29, 0.717) is 0 Å². The van der Waals surface area contributed by atoms with Gasteiger partial charge < -0.3 is 20.5 Å². The van der Waals surface area contributed by atoms with Crippen LogP contribution in [0.2, 0.25) is 0 Å². The first-order valence-corrected chi connectivity index (χ1v) is 7.94. The minimum absolute atomic E-state index is 0.258. The van der Waals surface area contributed by atoms with E-state index in [-0.39, 0.29) is 13.2 Å². The first-order chi connectivity index (χ1) is 8.34. The predicted octanol–water partition coefficient (Wildman–Crippen LogP) is 2.44. The van der Waals surface area contributed by atoms with Crippen molar-refractivity contribution in [2.24, 2.45) is 11.5 Å². The van der Waals surface area contributed by atoms with E-state index in [1.54, 1.807) is 0 Å². The van der Waals surface area contributed by atoms with Crippen LogP contribution in [0, 0.1) is 0 Å². The zero-order valence-electron chi connectivity index (χ0n) is 12.1. The van der Waals surface area contributed by atoms with E-state index in [0.717, 1.165) is 25.7 Å². The monoisotopic (exact) mass is 280 g/mol. The van der Waals surface area contributed by atoms with Crippen molar-refractivity contribution >= 4 is 8.25 Å². The molecule has 0 saturated heterocycles. The molecule has 0 aromatic carbocycles. The van der Waals surface area contributed by atoms with Crippen LogP contribution in [0.1, 0.15) is 53.4 Å². The van der Waals surface area contributed by atoms with Gasteiger partial charge >= 0.3 is 8.25 Å². The molecule has 110 valence electrons. The van der Waals surface area contributed by atoms with Crippen LogP contribution in [0.4, 0.5) is 0 Å². The molecule has 0 atom stereocenters. The Hall–Kier alpha value is 0.0700. The van der Waals surface area contributed by atoms with Crippen molar-refractivity contribution in [1.82, 2.24) is 0 Å². The molecule has 0 heterocycles. The highest BCUT2D eigenvalue weighted by Gasteiger charge is 2.24. The smallest absolute Gasteiger partial charge is 0.319 e. The van der Waals surface area contributed by atoms with Gasteiger partial charge in [0, 0.05) is 11.1 Å². The van der Waals surface area contributed by atoms with Gasteiger partial charge in [-0.3, -0.25) is 4.57 Å². The largest absolute Gasteiger partial charge is 0.323 e. The Kier molecular flexibility index (Phi) is 8.31. The molecule has 5 nitrogen and oxygen atoms in total. The molecule has 0 spiro atoms. The summed E-state index contributed by atoms with van der Waals surface area (Å²) in [6.07, 6.45) is 3.12. The summed E-state index contributed by atoms with van der Waals surface area (Å²) >= 11 is 0. The Morgan fingerprint density at radius 3 is 1.33 bits per heavy atom. The van der Waals surface area contributed by atoms with E-state index in [9.17, 15) is 4.57 Å². The molecular formula is C12H29N2O3P. The van der Waals surface area contributed by atoms with Crippen LogP contribution in [0.5, 0.6) is 0 Å². The van der Waals surface area contributed by atoms with E-state index in [2.05, 4.69) is 0 Å². The fourth-order valence-electron chi connectivity index (χ4n) is 1.36. The fourth-order valence-corrected chi connectivity index (χ4v) is 2.25. The highest BCUT2D eigenvalue weighted by atomic mass is 31.1. The van der Waals surface area contributed by atoms with Crippen LogP contribution >= 0.6 is 8.25 Å². The van der Waals surface area contributed by atoms with E-state index < -0.39 is 19.3 Å². The van der Waals surface area contributed by atoms with Crippen LogP contribution in [0.15, 0.2) is 0 Å². The maximum absolute atomic E-state index is 11.6. The predicted molar refractivity (Wildman–Crippen MR) is 75.9 cm³/mol. The van der Waals surface area contributed by atoms with E-state index >= 15 is 0 Å². The van der Waals surface area contributed by atoms with Crippen molar-refractivity contribution < 1.29 is 13.6 Å². The molecule has 0 aromatic rings. The molecule has 4 N–H and O–H groups in total. The minimum atomic E-state index is -2.50. The van der Waals surface area contributed by atoms with Crippen molar-refractivity contribution in [2.75, 3.05) is 13.2 Å². The minimum Gasteiger partial charge on any atom is -0.323 e. The summed E-state index contributed by atoms with van der Waals surface area (Å²) in [5.74, 6) is 0. The second kappa shape index (κ2) is 8.28. The highest BCUT2D eigenvalue weighted by molar-refractivity contribution is 7.33. The highest BCUT2D eigenvalue weighted by Crippen LogP contribution is 2.29. The molecule has 0 radical (unpaired) electrons. The topological polar surface area (TPSA) is 87.6 Å². The zero-order valence-corrected chi connectivity index (χ0v) is 13.1. The van der Waals surface area contributed by atoms with E-state index in [4.69, 9.17) is 20.5 Å². The van der Waals surface area contributed by atoms with E-state index in [1.807, 2.05) is 27.7 Å². The van der Waals surface area contributed by atoms with Gasteiger partial charge in [0.25, 0.3) is 0 Å².